The fraction of sp³-hybridized carbons (Fsp3) is 0.176. The fourth-order valence-corrected chi connectivity index (χ4v) is 2.71. The van der Waals surface area contributed by atoms with Crippen LogP contribution in [0.4, 0.5) is 10.1 Å². The van der Waals surface area contributed by atoms with E-state index in [0.717, 1.165) is 21.2 Å². The second-order valence-corrected chi connectivity index (χ2v) is 6.22. The molecule has 0 saturated heterocycles. The average Bonchev–Trinajstić information content (AvgIpc) is 2.54. The molecule has 6 heteroatoms. The van der Waals surface area contributed by atoms with Gasteiger partial charge in [-0.3, -0.25) is 9.97 Å². The number of aliphatic hydroxyl groups excluding tert-OH is 1. The summed E-state index contributed by atoms with van der Waals surface area (Å²) in [7, 11) is 0. The van der Waals surface area contributed by atoms with Gasteiger partial charge in [-0.05, 0) is 52.7 Å². The molecule has 2 atom stereocenters. The number of hydrogen-bond acceptors (Lipinski definition) is 4. The number of aliphatic hydroxyl groups is 1. The van der Waals surface area contributed by atoms with Crippen LogP contribution in [-0.4, -0.2) is 21.1 Å². The minimum absolute atomic E-state index is 0.281. The minimum atomic E-state index is -0.769. The highest BCUT2D eigenvalue weighted by Gasteiger charge is 2.17. The normalized spacial score (nSPS) is 13.7. The summed E-state index contributed by atoms with van der Waals surface area (Å²) >= 11 is 3.37. The first-order valence-electron chi connectivity index (χ1n) is 7.15. The van der Waals surface area contributed by atoms with Crippen molar-refractivity contribution in [1.82, 2.24) is 9.97 Å². The van der Waals surface area contributed by atoms with Gasteiger partial charge in [-0.25, -0.2) is 4.39 Å². The van der Waals surface area contributed by atoms with Gasteiger partial charge < -0.3 is 10.4 Å². The van der Waals surface area contributed by atoms with Gasteiger partial charge in [0.15, 0.2) is 0 Å². The van der Waals surface area contributed by atoms with Crippen LogP contribution in [0.25, 0.3) is 11.0 Å². The molecule has 23 heavy (non-hydrogen) atoms. The molecule has 4 nitrogen and oxygen atoms in total. The van der Waals surface area contributed by atoms with E-state index in [4.69, 9.17) is 0 Å². The van der Waals surface area contributed by atoms with E-state index in [2.05, 4.69) is 31.2 Å². The zero-order chi connectivity index (χ0) is 16.4. The molecule has 0 bridgehead atoms. The molecule has 2 unspecified atom stereocenters. The third-order valence-corrected chi connectivity index (χ3v) is 4.05. The smallest absolute Gasteiger partial charge is 0.123 e. The maximum absolute atomic E-state index is 13.0. The highest BCUT2D eigenvalue weighted by atomic mass is 79.9. The van der Waals surface area contributed by atoms with E-state index in [1.165, 1.54) is 12.1 Å². The first-order valence-corrected chi connectivity index (χ1v) is 7.94. The van der Waals surface area contributed by atoms with Crippen molar-refractivity contribution < 1.29 is 9.50 Å². The van der Waals surface area contributed by atoms with Crippen molar-refractivity contribution in [3.05, 3.63) is 64.6 Å². The van der Waals surface area contributed by atoms with E-state index in [1.807, 2.05) is 19.1 Å². The van der Waals surface area contributed by atoms with Crippen LogP contribution in [0.2, 0.25) is 0 Å². The fourth-order valence-electron chi connectivity index (χ4n) is 2.39. The monoisotopic (exact) mass is 375 g/mol. The number of fused-ring (bicyclic) bond motifs is 1. The lowest BCUT2D eigenvalue weighted by molar-refractivity contribution is 0.160. The number of halogens is 2. The lowest BCUT2D eigenvalue weighted by Crippen LogP contribution is -2.24. The van der Waals surface area contributed by atoms with Crippen molar-refractivity contribution in [2.45, 2.75) is 19.1 Å². The quantitative estimate of drug-likeness (QED) is 0.721. The van der Waals surface area contributed by atoms with E-state index < -0.39 is 6.10 Å². The Labute approximate surface area is 141 Å². The molecule has 118 valence electrons. The standard InChI is InChI=1S/C17H15BrFN3O/c1-10(17(23)11-2-4-13(19)5-3-11)22-14-6-7-20-15-8-12(18)9-21-16(14)15/h2-10,17,23H,1H3,(H,20,22). The van der Waals surface area contributed by atoms with Gasteiger partial charge >= 0.3 is 0 Å². The molecule has 1 aromatic carbocycles. The van der Waals surface area contributed by atoms with Crippen LogP contribution in [0.3, 0.4) is 0 Å². The number of rotatable bonds is 4. The van der Waals surface area contributed by atoms with Crippen LogP contribution in [0, 0.1) is 5.82 Å². The third-order valence-electron chi connectivity index (χ3n) is 3.61. The Balaban J connectivity index is 1.85. The van der Waals surface area contributed by atoms with Gasteiger partial charge in [0.2, 0.25) is 0 Å². The van der Waals surface area contributed by atoms with Gasteiger partial charge in [0.25, 0.3) is 0 Å². The van der Waals surface area contributed by atoms with Crippen molar-refractivity contribution in [3.8, 4) is 0 Å². The second-order valence-electron chi connectivity index (χ2n) is 5.31. The topological polar surface area (TPSA) is 58.0 Å². The van der Waals surface area contributed by atoms with Gasteiger partial charge in [0.1, 0.15) is 11.3 Å². The molecule has 2 heterocycles. The zero-order valence-corrected chi connectivity index (χ0v) is 14.0. The number of nitrogens with zero attached hydrogens (tertiary/aromatic N) is 2. The predicted molar refractivity (Wildman–Crippen MR) is 91.7 cm³/mol. The molecule has 0 aliphatic carbocycles. The van der Waals surface area contributed by atoms with Gasteiger partial charge in [-0.15, -0.1) is 0 Å². The number of aromatic nitrogens is 2. The Hall–Kier alpha value is -2.05. The maximum Gasteiger partial charge on any atom is 0.123 e. The molecular weight excluding hydrogens is 361 g/mol. The minimum Gasteiger partial charge on any atom is -0.386 e. The summed E-state index contributed by atoms with van der Waals surface area (Å²) in [4.78, 5) is 8.66. The number of nitrogens with one attached hydrogen (secondary N) is 1. The summed E-state index contributed by atoms with van der Waals surface area (Å²) in [5.41, 5.74) is 2.93. The summed E-state index contributed by atoms with van der Waals surface area (Å²) in [6.07, 6.45) is 2.63. The third kappa shape index (κ3) is 3.48. The van der Waals surface area contributed by atoms with Crippen molar-refractivity contribution >= 4 is 32.7 Å². The van der Waals surface area contributed by atoms with Gasteiger partial charge in [0.05, 0.1) is 23.3 Å². The molecule has 0 aliphatic rings. The lowest BCUT2D eigenvalue weighted by atomic mass is 10.0. The SMILES string of the molecule is CC(Nc1ccnc2cc(Br)cnc12)C(O)c1ccc(F)cc1. The van der Waals surface area contributed by atoms with Crippen molar-refractivity contribution in [3.63, 3.8) is 0 Å². The predicted octanol–water partition coefficient (Wildman–Crippen LogP) is 4.07. The number of anilines is 1. The number of benzene rings is 1. The Bertz CT molecular complexity index is 826. The van der Waals surface area contributed by atoms with E-state index >= 15 is 0 Å². The molecule has 0 fully saturated rings. The summed E-state index contributed by atoms with van der Waals surface area (Å²) in [5, 5.41) is 13.7. The average molecular weight is 376 g/mol. The lowest BCUT2D eigenvalue weighted by Gasteiger charge is -2.22. The van der Waals surface area contributed by atoms with Crippen LogP contribution >= 0.6 is 15.9 Å². The Morgan fingerprint density at radius 3 is 2.65 bits per heavy atom. The number of pyridine rings is 2. The molecule has 0 aliphatic heterocycles. The summed E-state index contributed by atoms with van der Waals surface area (Å²) < 4.78 is 13.8. The molecule has 3 rings (SSSR count). The highest BCUT2D eigenvalue weighted by molar-refractivity contribution is 9.10. The second kappa shape index (κ2) is 6.60. The molecular formula is C17H15BrFN3O. The molecule has 0 radical (unpaired) electrons. The highest BCUT2D eigenvalue weighted by Crippen LogP contribution is 2.25. The van der Waals surface area contributed by atoms with Gasteiger partial charge in [-0.1, -0.05) is 12.1 Å². The van der Waals surface area contributed by atoms with Gasteiger partial charge in [-0.2, -0.15) is 0 Å². The molecule has 0 spiro atoms. The van der Waals surface area contributed by atoms with E-state index in [0.29, 0.717) is 5.56 Å². The molecule has 0 amide bonds. The molecule has 3 aromatic rings. The largest absolute Gasteiger partial charge is 0.386 e. The van der Waals surface area contributed by atoms with Crippen molar-refractivity contribution in [1.29, 1.82) is 0 Å². The van der Waals surface area contributed by atoms with E-state index in [-0.39, 0.29) is 11.9 Å². The summed E-state index contributed by atoms with van der Waals surface area (Å²) in [6, 6.07) is 9.26. The van der Waals surface area contributed by atoms with Crippen LogP contribution in [0.15, 0.2) is 53.3 Å². The molecule has 2 aromatic heterocycles. The van der Waals surface area contributed by atoms with Crippen LogP contribution < -0.4 is 5.32 Å². The van der Waals surface area contributed by atoms with E-state index in [1.54, 1.807) is 24.5 Å². The van der Waals surface area contributed by atoms with Crippen LogP contribution in [0.5, 0.6) is 0 Å². The van der Waals surface area contributed by atoms with Crippen molar-refractivity contribution in [2.24, 2.45) is 0 Å². The maximum atomic E-state index is 13.0. The number of hydrogen-bond donors (Lipinski definition) is 2. The van der Waals surface area contributed by atoms with Crippen molar-refractivity contribution in [2.75, 3.05) is 5.32 Å². The zero-order valence-electron chi connectivity index (χ0n) is 12.4. The molecule has 0 saturated carbocycles. The Morgan fingerprint density at radius 1 is 1.17 bits per heavy atom. The first-order chi connectivity index (χ1) is 11.0. The van der Waals surface area contributed by atoms with Gasteiger partial charge in [0, 0.05) is 16.9 Å². The Morgan fingerprint density at radius 2 is 1.91 bits per heavy atom. The summed E-state index contributed by atoms with van der Waals surface area (Å²) in [6.45, 7) is 1.86. The summed E-state index contributed by atoms with van der Waals surface area (Å²) in [5.74, 6) is -0.323. The first kappa shape index (κ1) is 15.8. The Kier molecular flexibility index (Phi) is 4.54. The molecule has 2 N–H and O–H groups in total. The van der Waals surface area contributed by atoms with Crippen LogP contribution in [-0.2, 0) is 0 Å². The van der Waals surface area contributed by atoms with Crippen LogP contribution in [0.1, 0.15) is 18.6 Å². The van der Waals surface area contributed by atoms with E-state index in [9.17, 15) is 9.50 Å².